The fraction of sp³-hybridized carbons (Fsp3) is 0.222. The van der Waals surface area contributed by atoms with Crippen LogP contribution in [0.5, 0.6) is 5.75 Å². The highest BCUT2D eigenvalue weighted by atomic mass is 16.5. The standard InChI is InChI=1S/C17H13N5O5.C10H13N/c23-12-6-27-11-2-1-8(3-10(11)22-12)4-19-16(24)15-14-13(20-7-21-15)9(5-18-14)17(25)26;11-10-7-3-5-8-4-1-2-6-9(8)10/h1-3,5,7,18H,4,6H2,(H,19,24)(H,22,23)(H,25,26);1-2,4,6,10H,3,5,7,11H2/t;10-/m.1/s1. The van der Waals surface area contributed by atoms with Gasteiger partial charge in [-0.25, -0.2) is 14.8 Å². The number of aryl methyl sites for hydroxylation is 1. The zero-order chi connectivity index (χ0) is 26.6. The van der Waals surface area contributed by atoms with Gasteiger partial charge in [0.15, 0.2) is 12.3 Å². The monoisotopic (exact) mass is 514 g/mol. The SMILES string of the molecule is N[C@@H]1CCCc2ccccc21.O=C1COc2ccc(CNC(=O)c3ncnc4c(C(=O)O)c[nH]c34)cc2N1. The van der Waals surface area contributed by atoms with Crippen LogP contribution in [0.25, 0.3) is 11.0 Å². The Labute approximate surface area is 217 Å². The lowest BCUT2D eigenvalue weighted by atomic mass is 9.88. The second kappa shape index (κ2) is 10.7. The fourth-order valence-corrected chi connectivity index (χ4v) is 4.57. The fourth-order valence-electron chi connectivity index (χ4n) is 4.57. The lowest BCUT2D eigenvalue weighted by molar-refractivity contribution is -0.118. The molecule has 2 aromatic carbocycles. The molecule has 0 unspecified atom stereocenters. The molecule has 4 aromatic rings. The maximum absolute atomic E-state index is 12.5. The summed E-state index contributed by atoms with van der Waals surface area (Å²) >= 11 is 0. The normalized spacial score (nSPS) is 15.7. The van der Waals surface area contributed by atoms with Crippen LogP contribution in [0.3, 0.4) is 0 Å². The number of aromatic amines is 1. The van der Waals surface area contributed by atoms with Gasteiger partial charge >= 0.3 is 5.97 Å². The summed E-state index contributed by atoms with van der Waals surface area (Å²) in [7, 11) is 0. The van der Waals surface area contributed by atoms with Gasteiger partial charge in [-0.3, -0.25) is 9.59 Å². The predicted octanol–water partition coefficient (Wildman–Crippen LogP) is 2.94. The van der Waals surface area contributed by atoms with E-state index in [-0.39, 0.29) is 41.3 Å². The smallest absolute Gasteiger partial charge is 0.339 e. The number of aromatic carboxylic acids is 1. The molecule has 6 N–H and O–H groups in total. The average molecular weight is 515 g/mol. The Hall–Kier alpha value is -4.77. The van der Waals surface area contributed by atoms with Crippen molar-refractivity contribution in [3.05, 3.63) is 82.9 Å². The number of benzene rings is 2. The van der Waals surface area contributed by atoms with E-state index in [0.717, 1.165) is 18.3 Å². The summed E-state index contributed by atoms with van der Waals surface area (Å²) in [4.78, 5) is 45.7. The molecule has 0 bridgehead atoms. The van der Waals surface area contributed by atoms with Gasteiger partial charge in [-0.2, -0.15) is 0 Å². The summed E-state index contributed by atoms with van der Waals surface area (Å²) in [5.74, 6) is -1.31. The molecule has 194 valence electrons. The molecule has 11 nitrogen and oxygen atoms in total. The van der Waals surface area contributed by atoms with Gasteiger partial charge in [0.05, 0.1) is 11.2 Å². The van der Waals surface area contributed by atoms with Crippen LogP contribution in [0, 0.1) is 0 Å². The van der Waals surface area contributed by atoms with E-state index in [1.165, 1.54) is 30.2 Å². The van der Waals surface area contributed by atoms with E-state index in [9.17, 15) is 14.4 Å². The minimum atomic E-state index is -1.15. The molecule has 2 amide bonds. The molecule has 3 heterocycles. The first kappa shape index (κ1) is 24.9. The second-order valence-corrected chi connectivity index (χ2v) is 9.00. The van der Waals surface area contributed by atoms with Crippen molar-refractivity contribution in [3.63, 3.8) is 0 Å². The van der Waals surface area contributed by atoms with E-state index in [1.54, 1.807) is 18.2 Å². The third-order valence-corrected chi connectivity index (χ3v) is 6.45. The van der Waals surface area contributed by atoms with E-state index in [2.05, 4.69) is 49.9 Å². The number of aromatic nitrogens is 3. The number of nitrogens with one attached hydrogen (secondary N) is 3. The van der Waals surface area contributed by atoms with Crippen LogP contribution in [0.2, 0.25) is 0 Å². The van der Waals surface area contributed by atoms with Crippen LogP contribution in [0.4, 0.5) is 5.69 Å². The molecule has 1 aliphatic heterocycles. The van der Waals surface area contributed by atoms with Gasteiger partial charge in [0.1, 0.15) is 23.2 Å². The van der Waals surface area contributed by atoms with Crippen molar-refractivity contribution in [3.8, 4) is 5.75 Å². The Morgan fingerprint density at radius 2 is 2.03 bits per heavy atom. The predicted molar refractivity (Wildman–Crippen MR) is 139 cm³/mol. The number of amides is 2. The zero-order valence-corrected chi connectivity index (χ0v) is 20.4. The number of carboxylic acids is 1. The van der Waals surface area contributed by atoms with E-state index in [4.69, 9.17) is 15.6 Å². The number of carbonyl (C=O) groups is 3. The largest absolute Gasteiger partial charge is 0.482 e. The van der Waals surface area contributed by atoms with Gasteiger partial charge in [-0.05, 0) is 48.1 Å². The number of fused-ring (bicyclic) bond motifs is 3. The Kier molecular flexibility index (Phi) is 7.00. The summed E-state index contributed by atoms with van der Waals surface area (Å²) < 4.78 is 5.29. The van der Waals surface area contributed by atoms with Gasteiger partial charge in [0.25, 0.3) is 11.8 Å². The van der Waals surface area contributed by atoms with Crippen LogP contribution < -0.4 is 21.1 Å². The maximum Gasteiger partial charge on any atom is 0.339 e. The minimum Gasteiger partial charge on any atom is -0.482 e. The molecule has 1 aliphatic carbocycles. The molecule has 11 heteroatoms. The van der Waals surface area contributed by atoms with Gasteiger partial charge in [0, 0.05) is 18.8 Å². The number of ether oxygens (including phenoxy) is 1. The Balaban J connectivity index is 0.000000222. The highest BCUT2D eigenvalue weighted by molar-refractivity contribution is 6.08. The summed E-state index contributed by atoms with van der Waals surface area (Å²) in [6, 6.07) is 14.0. The lowest BCUT2D eigenvalue weighted by Crippen LogP contribution is -2.26. The van der Waals surface area contributed by atoms with Gasteiger partial charge in [0.2, 0.25) is 0 Å². The number of carboxylic acid groups (broad SMARTS) is 1. The van der Waals surface area contributed by atoms with Gasteiger partial charge < -0.3 is 31.2 Å². The molecule has 0 saturated carbocycles. The number of hydrogen-bond donors (Lipinski definition) is 5. The number of nitrogens with two attached hydrogens (primary N) is 1. The van der Waals surface area contributed by atoms with Crippen molar-refractivity contribution in [1.29, 1.82) is 0 Å². The van der Waals surface area contributed by atoms with Gasteiger partial charge in [-0.1, -0.05) is 30.3 Å². The topological polar surface area (TPSA) is 172 Å². The molecule has 0 saturated heterocycles. The third kappa shape index (κ3) is 5.18. The molecule has 0 radical (unpaired) electrons. The van der Waals surface area contributed by atoms with Gasteiger partial charge in [-0.15, -0.1) is 0 Å². The Morgan fingerprint density at radius 3 is 2.84 bits per heavy atom. The molecular weight excluding hydrogens is 488 g/mol. The Bertz CT molecular complexity index is 1530. The van der Waals surface area contributed by atoms with Crippen molar-refractivity contribution in [2.24, 2.45) is 5.73 Å². The van der Waals surface area contributed by atoms with Crippen LogP contribution >= 0.6 is 0 Å². The summed E-state index contributed by atoms with van der Waals surface area (Å²) in [6.45, 7) is 0.154. The van der Waals surface area contributed by atoms with E-state index in [1.807, 2.05) is 0 Å². The number of carbonyl (C=O) groups excluding carboxylic acids is 2. The van der Waals surface area contributed by atoms with Crippen LogP contribution in [-0.4, -0.2) is 44.4 Å². The van der Waals surface area contributed by atoms with Crippen molar-refractivity contribution < 1.29 is 24.2 Å². The third-order valence-electron chi connectivity index (χ3n) is 6.45. The number of H-pyrrole nitrogens is 1. The van der Waals surface area contributed by atoms with E-state index < -0.39 is 11.9 Å². The quantitative estimate of drug-likeness (QED) is 0.276. The number of hydrogen-bond acceptors (Lipinski definition) is 7. The number of anilines is 1. The van der Waals surface area contributed by atoms with Crippen molar-refractivity contribution in [2.45, 2.75) is 31.8 Å². The van der Waals surface area contributed by atoms with Crippen molar-refractivity contribution in [2.75, 3.05) is 11.9 Å². The average Bonchev–Trinajstić information content (AvgIpc) is 3.37. The molecule has 2 aromatic heterocycles. The second-order valence-electron chi connectivity index (χ2n) is 9.00. The van der Waals surface area contributed by atoms with E-state index in [0.29, 0.717) is 17.5 Å². The number of rotatable bonds is 4. The summed E-state index contributed by atoms with van der Waals surface area (Å²) in [5, 5.41) is 14.6. The zero-order valence-electron chi connectivity index (χ0n) is 20.4. The maximum atomic E-state index is 12.5. The lowest BCUT2D eigenvalue weighted by Gasteiger charge is -2.21. The first-order valence-electron chi connectivity index (χ1n) is 12.1. The molecule has 1 atom stereocenters. The van der Waals surface area contributed by atoms with Crippen LogP contribution in [0.15, 0.2) is 55.0 Å². The molecule has 6 rings (SSSR count). The molecule has 0 fully saturated rings. The van der Waals surface area contributed by atoms with Crippen LogP contribution in [0.1, 0.15) is 56.4 Å². The first-order chi connectivity index (χ1) is 18.4. The summed E-state index contributed by atoms with van der Waals surface area (Å²) in [6.07, 6.45) is 6.02. The first-order valence-corrected chi connectivity index (χ1v) is 12.1. The molecular formula is C27H26N6O5. The molecule has 2 aliphatic rings. The molecule has 0 spiro atoms. The minimum absolute atomic E-state index is 0.0265. The summed E-state index contributed by atoms with van der Waals surface area (Å²) in [5.41, 5.74) is 10.5. The van der Waals surface area contributed by atoms with E-state index >= 15 is 0 Å². The Morgan fingerprint density at radius 1 is 1.18 bits per heavy atom. The van der Waals surface area contributed by atoms with Crippen molar-refractivity contribution >= 4 is 34.5 Å². The highest BCUT2D eigenvalue weighted by Gasteiger charge is 2.20. The van der Waals surface area contributed by atoms with Crippen LogP contribution in [-0.2, 0) is 17.8 Å². The number of nitrogens with zero attached hydrogens (tertiary/aromatic N) is 2. The molecule has 38 heavy (non-hydrogen) atoms. The van der Waals surface area contributed by atoms with Crippen molar-refractivity contribution in [1.82, 2.24) is 20.3 Å². The highest BCUT2D eigenvalue weighted by Crippen LogP contribution is 2.29.